The maximum atomic E-state index is 4.40. The van der Waals surface area contributed by atoms with Crippen LogP contribution >= 0.6 is 0 Å². The van der Waals surface area contributed by atoms with Crippen molar-refractivity contribution in [3.05, 3.63) is 23.5 Å². The van der Waals surface area contributed by atoms with Crippen LogP contribution in [-0.2, 0) is 13.5 Å². The second kappa shape index (κ2) is 6.48. The lowest BCUT2D eigenvalue weighted by atomic mass is 10.2. The van der Waals surface area contributed by atoms with Crippen molar-refractivity contribution in [2.45, 2.75) is 27.2 Å². The molecule has 0 aliphatic carbocycles. The Kier molecular flexibility index (Phi) is 5.26. The number of nitrogens with one attached hydrogen (secondary N) is 1. The van der Waals surface area contributed by atoms with Gasteiger partial charge in [0.05, 0.1) is 5.69 Å². The lowest BCUT2D eigenvalue weighted by Gasteiger charge is -2.03. The fourth-order valence-electron chi connectivity index (χ4n) is 1.61. The first kappa shape index (κ1) is 13.0. The molecule has 0 bridgehead atoms. The Morgan fingerprint density at radius 3 is 2.88 bits per heavy atom. The third-order valence-electron chi connectivity index (χ3n) is 2.38. The van der Waals surface area contributed by atoms with Crippen LogP contribution in [0.5, 0.6) is 0 Å². The number of nitrogens with zero attached hydrogens (tertiary/aromatic N) is 2. The predicted molar refractivity (Wildman–Crippen MR) is 69.3 cm³/mol. The zero-order valence-corrected chi connectivity index (χ0v) is 10.8. The molecule has 3 nitrogen and oxygen atoms in total. The van der Waals surface area contributed by atoms with Crippen molar-refractivity contribution in [2.24, 2.45) is 13.0 Å². The molecule has 1 aromatic heterocycles. The van der Waals surface area contributed by atoms with Crippen LogP contribution in [0.2, 0.25) is 0 Å². The van der Waals surface area contributed by atoms with Crippen molar-refractivity contribution in [3.8, 4) is 0 Å². The molecule has 0 amide bonds. The van der Waals surface area contributed by atoms with E-state index in [1.54, 1.807) is 0 Å². The summed E-state index contributed by atoms with van der Waals surface area (Å²) in [6.45, 7) is 8.56. The number of hydrogen-bond donors (Lipinski definition) is 1. The van der Waals surface area contributed by atoms with E-state index in [1.807, 2.05) is 11.7 Å². The summed E-state index contributed by atoms with van der Waals surface area (Å²) in [5, 5.41) is 7.79. The van der Waals surface area contributed by atoms with Gasteiger partial charge in [0, 0.05) is 25.4 Å². The van der Waals surface area contributed by atoms with Crippen LogP contribution in [-0.4, -0.2) is 22.9 Å². The lowest BCUT2D eigenvalue weighted by molar-refractivity contribution is 0.577. The van der Waals surface area contributed by atoms with Crippen LogP contribution in [0.1, 0.15) is 32.0 Å². The van der Waals surface area contributed by atoms with Crippen molar-refractivity contribution in [3.63, 3.8) is 0 Å². The van der Waals surface area contributed by atoms with Gasteiger partial charge in [-0.3, -0.25) is 4.68 Å². The van der Waals surface area contributed by atoms with Crippen LogP contribution in [0.3, 0.4) is 0 Å². The first-order chi connectivity index (χ1) is 7.63. The molecule has 16 heavy (non-hydrogen) atoms. The minimum Gasteiger partial charge on any atom is -0.313 e. The summed E-state index contributed by atoms with van der Waals surface area (Å²) in [4.78, 5) is 0. The monoisotopic (exact) mass is 221 g/mol. The molecule has 1 rings (SSSR count). The molecule has 0 fully saturated rings. The van der Waals surface area contributed by atoms with E-state index in [9.17, 15) is 0 Å². The van der Waals surface area contributed by atoms with Crippen LogP contribution in [0, 0.1) is 5.92 Å². The summed E-state index contributed by atoms with van der Waals surface area (Å²) >= 11 is 0. The normalized spacial score (nSPS) is 11.8. The van der Waals surface area contributed by atoms with E-state index in [-0.39, 0.29) is 0 Å². The Morgan fingerprint density at radius 1 is 1.50 bits per heavy atom. The average Bonchev–Trinajstić information content (AvgIpc) is 2.58. The van der Waals surface area contributed by atoms with Crippen molar-refractivity contribution in [2.75, 3.05) is 13.1 Å². The fraction of sp³-hybridized carbons (Fsp3) is 0.615. The lowest BCUT2D eigenvalue weighted by Crippen LogP contribution is -2.19. The molecule has 1 aromatic rings. The van der Waals surface area contributed by atoms with E-state index in [1.165, 1.54) is 11.3 Å². The number of hydrogen-bond acceptors (Lipinski definition) is 2. The summed E-state index contributed by atoms with van der Waals surface area (Å²) < 4.78 is 1.88. The van der Waals surface area contributed by atoms with Crippen molar-refractivity contribution >= 4 is 6.08 Å². The smallest absolute Gasteiger partial charge is 0.0693 e. The van der Waals surface area contributed by atoms with E-state index < -0.39 is 0 Å². The van der Waals surface area contributed by atoms with E-state index in [0.717, 1.165) is 19.5 Å². The molecular formula is C13H23N3. The third-order valence-corrected chi connectivity index (χ3v) is 2.38. The molecule has 0 radical (unpaired) electrons. The number of aryl methyl sites for hydroxylation is 2. The summed E-state index contributed by atoms with van der Waals surface area (Å²) in [7, 11) is 1.97. The molecule has 0 aliphatic heterocycles. The van der Waals surface area contributed by atoms with Crippen molar-refractivity contribution < 1.29 is 0 Å². The van der Waals surface area contributed by atoms with Crippen molar-refractivity contribution in [1.29, 1.82) is 0 Å². The van der Waals surface area contributed by atoms with Crippen LogP contribution < -0.4 is 5.32 Å². The second-order valence-electron chi connectivity index (χ2n) is 4.51. The van der Waals surface area contributed by atoms with Gasteiger partial charge < -0.3 is 5.32 Å². The molecule has 0 saturated carbocycles. The highest BCUT2D eigenvalue weighted by Gasteiger charge is 2.01. The fourth-order valence-corrected chi connectivity index (χ4v) is 1.61. The Balaban J connectivity index is 2.43. The molecule has 0 spiro atoms. The summed E-state index contributed by atoms with van der Waals surface area (Å²) in [5.41, 5.74) is 2.40. The standard InChI is InChI=1S/C13H23N3/c1-5-13-12(10-16(4)15-13)7-6-8-14-9-11(2)3/h6-7,10-11,14H,5,8-9H2,1-4H3/b7-6+. The maximum Gasteiger partial charge on any atom is 0.0693 e. The Labute approximate surface area is 98.5 Å². The van der Waals surface area contributed by atoms with Crippen molar-refractivity contribution in [1.82, 2.24) is 15.1 Å². The Morgan fingerprint density at radius 2 is 2.25 bits per heavy atom. The maximum absolute atomic E-state index is 4.40. The van der Waals surface area contributed by atoms with Gasteiger partial charge in [-0.05, 0) is 18.9 Å². The third kappa shape index (κ3) is 4.19. The SMILES string of the molecule is CCc1nn(C)cc1/C=C/CNCC(C)C. The van der Waals surface area contributed by atoms with Gasteiger partial charge in [0.15, 0.2) is 0 Å². The summed E-state index contributed by atoms with van der Waals surface area (Å²) in [6.07, 6.45) is 7.37. The van der Waals surface area contributed by atoms with E-state index >= 15 is 0 Å². The number of rotatable bonds is 6. The Bertz CT molecular complexity index is 337. The largest absolute Gasteiger partial charge is 0.313 e. The molecule has 0 aromatic carbocycles. The molecular weight excluding hydrogens is 198 g/mol. The average molecular weight is 221 g/mol. The minimum atomic E-state index is 0.706. The van der Waals surface area contributed by atoms with Gasteiger partial charge in [-0.2, -0.15) is 5.10 Å². The molecule has 3 heteroatoms. The van der Waals surface area contributed by atoms with Crippen LogP contribution in [0.4, 0.5) is 0 Å². The van der Waals surface area contributed by atoms with E-state index in [2.05, 4.69) is 49.5 Å². The summed E-state index contributed by atoms with van der Waals surface area (Å²) in [6, 6.07) is 0. The van der Waals surface area contributed by atoms with Crippen LogP contribution in [0.15, 0.2) is 12.3 Å². The molecule has 0 saturated heterocycles. The van der Waals surface area contributed by atoms with Gasteiger partial charge in [-0.15, -0.1) is 0 Å². The first-order valence-electron chi connectivity index (χ1n) is 6.03. The molecule has 0 aliphatic rings. The molecule has 0 unspecified atom stereocenters. The summed E-state index contributed by atoms with van der Waals surface area (Å²) in [5.74, 6) is 0.706. The molecule has 90 valence electrons. The quantitative estimate of drug-likeness (QED) is 0.747. The highest BCUT2D eigenvalue weighted by molar-refractivity contribution is 5.51. The van der Waals surface area contributed by atoms with Gasteiger partial charge in [0.2, 0.25) is 0 Å². The van der Waals surface area contributed by atoms with Gasteiger partial charge in [-0.1, -0.05) is 32.9 Å². The topological polar surface area (TPSA) is 29.9 Å². The zero-order valence-electron chi connectivity index (χ0n) is 10.8. The van der Waals surface area contributed by atoms with E-state index in [4.69, 9.17) is 0 Å². The second-order valence-corrected chi connectivity index (χ2v) is 4.51. The Hall–Kier alpha value is -1.09. The number of aromatic nitrogens is 2. The van der Waals surface area contributed by atoms with Gasteiger partial charge in [-0.25, -0.2) is 0 Å². The first-order valence-corrected chi connectivity index (χ1v) is 6.03. The zero-order chi connectivity index (χ0) is 12.0. The van der Waals surface area contributed by atoms with Gasteiger partial charge >= 0.3 is 0 Å². The highest BCUT2D eigenvalue weighted by Crippen LogP contribution is 2.08. The van der Waals surface area contributed by atoms with Crippen LogP contribution in [0.25, 0.3) is 6.08 Å². The molecule has 1 N–H and O–H groups in total. The van der Waals surface area contributed by atoms with E-state index in [0.29, 0.717) is 5.92 Å². The van der Waals surface area contributed by atoms with Gasteiger partial charge in [0.1, 0.15) is 0 Å². The molecule has 0 atom stereocenters. The minimum absolute atomic E-state index is 0.706. The van der Waals surface area contributed by atoms with Gasteiger partial charge in [0.25, 0.3) is 0 Å². The highest BCUT2D eigenvalue weighted by atomic mass is 15.2. The predicted octanol–water partition coefficient (Wildman–Crippen LogP) is 2.24. The molecule has 1 heterocycles.